The summed E-state index contributed by atoms with van der Waals surface area (Å²) in [6.07, 6.45) is 7.39. The van der Waals surface area contributed by atoms with Crippen molar-refractivity contribution < 1.29 is 4.79 Å². The molecule has 0 bridgehead atoms. The zero-order valence-corrected chi connectivity index (χ0v) is 12.4. The number of nitrogens with one attached hydrogen (secondary N) is 2. The first-order chi connectivity index (χ1) is 10.3. The maximum Gasteiger partial charge on any atom is 0.273 e. The third-order valence-electron chi connectivity index (χ3n) is 4.41. The maximum atomic E-state index is 12.2. The van der Waals surface area contributed by atoms with Gasteiger partial charge in [-0.05, 0) is 37.7 Å². The smallest absolute Gasteiger partial charge is 0.273 e. The van der Waals surface area contributed by atoms with E-state index < -0.39 is 0 Å². The van der Waals surface area contributed by atoms with Crippen LogP contribution in [0.15, 0.2) is 35.6 Å². The van der Waals surface area contributed by atoms with E-state index in [2.05, 4.69) is 22.4 Å². The van der Waals surface area contributed by atoms with Crippen LogP contribution < -0.4 is 5.43 Å². The number of hydrogen-bond acceptors (Lipinski definition) is 2. The van der Waals surface area contributed by atoms with Crippen LogP contribution in [0, 0.1) is 5.92 Å². The molecule has 1 aliphatic rings. The quantitative estimate of drug-likeness (QED) is 0.826. The standard InChI is InChI=1S/C17H21N3O/c1-2-12-7-9-13(10-8-12)19-20-17(21)15-11-18-16-6-4-3-5-14(15)16/h3-6,11-12,18H,2,7-10H2,1H3,(H,20,21). The number of benzene rings is 1. The Morgan fingerprint density at radius 3 is 2.86 bits per heavy atom. The zero-order chi connectivity index (χ0) is 14.7. The van der Waals surface area contributed by atoms with Crippen molar-refractivity contribution in [1.82, 2.24) is 10.4 Å². The summed E-state index contributed by atoms with van der Waals surface area (Å²) >= 11 is 0. The Morgan fingerprint density at radius 2 is 2.10 bits per heavy atom. The summed E-state index contributed by atoms with van der Waals surface area (Å²) in [7, 11) is 0. The predicted molar refractivity (Wildman–Crippen MR) is 85.4 cm³/mol. The molecule has 1 aromatic carbocycles. The number of carbonyl (C=O) groups is 1. The monoisotopic (exact) mass is 283 g/mol. The minimum atomic E-state index is -0.141. The van der Waals surface area contributed by atoms with Crippen LogP contribution in [-0.2, 0) is 0 Å². The normalized spacial score (nSPS) is 18.7. The Hall–Kier alpha value is -2.10. The number of nitrogens with zero attached hydrogens (tertiary/aromatic N) is 1. The average Bonchev–Trinajstić information content (AvgIpc) is 2.97. The molecule has 0 atom stereocenters. The molecule has 1 aromatic heterocycles. The van der Waals surface area contributed by atoms with E-state index in [1.54, 1.807) is 6.20 Å². The first-order valence-corrected chi connectivity index (χ1v) is 7.69. The van der Waals surface area contributed by atoms with Crippen LogP contribution in [-0.4, -0.2) is 16.6 Å². The topological polar surface area (TPSA) is 57.2 Å². The van der Waals surface area contributed by atoms with E-state index >= 15 is 0 Å². The Morgan fingerprint density at radius 1 is 1.33 bits per heavy atom. The number of rotatable bonds is 3. The van der Waals surface area contributed by atoms with Gasteiger partial charge in [0, 0.05) is 22.8 Å². The van der Waals surface area contributed by atoms with Gasteiger partial charge in [0.25, 0.3) is 5.91 Å². The molecule has 21 heavy (non-hydrogen) atoms. The lowest BCUT2D eigenvalue weighted by atomic mass is 9.86. The van der Waals surface area contributed by atoms with Crippen LogP contribution >= 0.6 is 0 Å². The van der Waals surface area contributed by atoms with Crippen molar-refractivity contribution in [2.75, 3.05) is 0 Å². The molecule has 1 heterocycles. The average molecular weight is 283 g/mol. The molecule has 1 fully saturated rings. The predicted octanol–water partition coefficient (Wildman–Crippen LogP) is 3.85. The van der Waals surface area contributed by atoms with Crippen LogP contribution in [0.1, 0.15) is 49.4 Å². The summed E-state index contributed by atoms with van der Waals surface area (Å²) in [5, 5.41) is 5.25. The van der Waals surface area contributed by atoms with Gasteiger partial charge in [0.15, 0.2) is 0 Å². The third-order valence-corrected chi connectivity index (χ3v) is 4.41. The van der Waals surface area contributed by atoms with Crippen molar-refractivity contribution in [3.63, 3.8) is 0 Å². The lowest BCUT2D eigenvalue weighted by Crippen LogP contribution is -2.22. The van der Waals surface area contributed by atoms with Crippen LogP contribution in [0.3, 0.4) is 0 Å². The fraction of sp³-hybridized carbons (Fsp3) is 0.412. The molecule has 2 N–H and O–H groups in total. The molecule has 1 aliphatic carbocycles. The fourth-order valence-electron chi connectivity index (χ4n) is 2.98. The Labute approximate surface area is 124 Å². The summed E-state index contributed by atoms with van der Waals surface area (Å²) in [6, 6.07) is 7.79. The molecule has 4 heteroatoms. The van der Waals surface area contributed by atoms with Crippen molar-refractivity contribution >= 4 is 22.5 Å². The molecule has 0 spiro atoms. The van der Waals surface area contributed by atoms with Crippen molar-refractivity contribution in [2.45, 2.75) is 39.0 Å². The highest BCUT2D eigenvalue weighted by molar-refractivity contribution is 6.07. The number of hydrogen-bond donors (Lipinski definition) is 2. The van der Waals surface area contributed by atoms with Crippen LogP contribution in [0.2, 0.25) is 0 Å². The molecule has 4 nitrogen and oxygen atoms in total. The minimum absolute atomic E-state index is 0.141. The van der Waals surface area contributed by atoms with Gasteiger partial charge in [-0.2, -0.15) is 5.10 Å². The van der Waals surface area contributed by atoms with E-state index in [0.717, 1.165) is 35.4 Å². The van der Waals surface area contributed by atoms with Gasteiger partial charge in [-0.15, -0.1) is 0 Å². The van der Waals surface area contributed by atoms with Gasteiger partial charge in [-0.3, -0.25) is 4.79 Å². The van der Waals surface area contributed by atoms with E-state index in [9.17, 15) is 4.79 Å². The third kappa shape index (κ3) is 2.99. The fourth-order valence-corrected chi connectivity index (χ4v) is 2.98. The number of H-pyrrole nitrogens is 1. The van der Waals surface area contributed by atoms with Gasteiger partial charge in [0.05, 0.1) is 5.56 Å². The number of carbonyl (C=O) groups excluding carboxylic acids is 1. The Kier molecular flexibility index (Phi) is 4.04. The zero-order valence-electron chi connectivity index (χ0n) is 12.4. The van der Waals surface area contributed by atoms with Gasteiger partial charge in [0.2, 0.25) is 0 Å². The van der Waals surface area contributed by atoms with Crippen LogP contribution in [0.4, 0.5) is 0 Å². The van der Waals surface area contributed by atoms with E-state index in [4.69, 9.17) is 0 Å². The SMILES string of the molecule is CCC1CCC(=NNC(=O)c2c[nH]c3ccccc23)CC1. The van der Waals surface area contributed by atoms with Crippen LogP contribution in [0.5, 0.6) is 0 Å². The molecule has 0 unspecified atom stereocenters. The number of amides is 1. The highest BCUT2D eigenvalue weighted by atomic mass is 16.2. The number of hydrazone groups is 1. The van der Waals surface area contributed by atoms with E-state index in [0.29, 0.717) is 5.56 Å². The summed E-state index contributed by atoms with van der Waals surface area (Å²) in [5.41, 5.74) is 5.45. The summed E-state index contributed by atoms with van der Waals surface area (Å²) < 4.78 is 0. The molecule has 1 saturated carbocycles. The highest BCUT2D eigenvalue weighted by Crippen LogP contribution is 2.24. The maximum absolute atomic E-state index is 12.2. The van der Waals surface area contributed by atoms with Crippen molar-refractivity contribution in [1.29, 1.82) is 0 Å². The van der Waals surface area contributed by atoms with Gasteiger partial charge in [0.1, 0.15) is 0 Å². The minimum Gasteiger partial charge on any atom is -0.360 e. The molecular formula is C17H21N3O. The van der Waals surface area contributed by atoms with E-state index in [-0.39, 0.29) is 5.91 Å². The summed E-state index contributed by atoms with van der Waals surface area (Å²) in [6.45, 7) is 2.24. The molecular weight excluding hydrogens is 262 g/mol. The van der Waals surface area contributed by atoms with Crippen molar-refractivity contribution in [3.8, 4) is 0 Å². The first-order valence-electron chi connectivity index (χ1n) is 7.69. The molecule has 3 rings (SSSR count). The molecule has 2 aromatic rings. The largest absolute Gasteiger partial charge is 0.360 e. The van der Waals surface area contributed by atoms with Crippen molar-refractivity contribution in [2.24, 2.45) is 11.0 Å². The molecule has 1 amide bonds. The number of aromatic amines is 1. The Balaban J connectivity index is 1.67. The molecule has 0 radical (unpaired) electrons. The van der Waals surface area contributed by atoms with Crippen molar-refractivity contribution in [3.05, 3.63) is 36.0 Å². The van der Waals surface area contributed by atoms with E-state index in [1.165, 1.54) is 19.3 Å². The number of fused-ring (bicyclic) bond motifs is 1. The van der Waals surface area contributed by atoms with Gasteiger partial charge < -0.3 is 4.98 Å². The second-order valence-corrected chi connectivity index (χ2v) is 5.72. The van der Waals surface area contributed by atoms with E-state index in [1.807, 2.05) is 24.3 Å². The van der Waals surface area contributed by atoms with Gasteiger partial charge in [-0.25, -0.2) is 5.43 Å². The van der Waals surface area contributed by atoms with Gasteiger partial charge in [-0.1, -0.05) is 31.5 Å². The number of aromatic nitrogens is 1. The highest BCUT2D eigenvalue weighted by Gasteiger charge is 2.17. The van der Waals surface area contributed by atoms with Crippen LogP contribution in [0.25, 0.3) is 10.9 Å². The molecule has 0 aliphatic heterocycles. The molecule has 110 valence electrons. The Bertz CT molecular complexity index is 661. The summed E-state index contributed by atoms with van der Waals surface area (Å²) in [4.78, 5) is 15.4. The number of para-hydroxylation sites is 1. The summed E-state index contributed by atoms with van der Waals surface area (Å²) in [5.74, 6) is 0.686. The second kappa shape index (κ2) is 6.12. The second-order valence-electron chi connectivity index (χ2n) is 5.72. The molecule has 0 saturated heterocycles. The lowest BCUT2D eigenvalue weighted by molar-refractivity contribution is 0.0956. The van der Waals surface area contributed by atoms with Gasteiger partial charge >= 0.3 is 0 Å². The lowest BCUT2D eigenvalue weighted by Gasteiger charge is -2.21. The first kappa shape index (κ1) is 13.9.